The quantitative estimate of drug-likeness (QED) is 0.204. The zero-order chi connectivity index (χ0) is 21.9. The molecule has 2 nitrogen and oxygen atoms in total. The van der Waals surface area contributed by atoms with Crippen LogP contribution in [0.15, 0.2) is 66.7 Å². The summed E-state index contributed by atoms with van der Waals surface area (Å²) in [5.74, 6) is 0. The van der Waals surface area contributed by atoms with Crippen molar-refractivity contribution in [2.45, 2.75) is 33.1 Å². The lowest BCUT2D eigenvalue weighted by molar-refractivity contribution is -0.400. The smallest absolute Gasteiger partial charge is 0.213 e. The molecule has 1 aliphatic rings. The van der Waals surface area contributed by atoms with E-state index in [0.717, 1.165) is 0 Å². The van der Waals surface area contributed by atoms with E-state index in [1.54, 1.807) is 0 Å². The standard InChI is InChI=1S/C29H29N2/c1-7-30(5)26-17-15-24(21-11-8-9-12-22(21)26)29(3,4)25-16-18-27-28-20(19(2)31(27)6)13-10-14-23(25)28/h8-18H,1-6H3/q+1. The molecular weight excluding hydrogens is 376 g/mol. The van der Waals surface area contributed by atoms with Gasteiger partial charge in [-0.3, -0.25) is 0 Å². The molecule has 1 heterocycles. The Labute approximate surface area is 184 Å². The highest BCUT2D eigenvalue weighted by atomic mass is 15.0. The molecule has 0 atom stereocenters. The normalized spacial score (nSPS) is 14.2. The summed E-state index contributed by atoms with van der Waals surface area (Å²) in [5, 5.41) is 5.29. The summed E-state index contributed by atoms with van der Waals surface area (Å²) in [6, 6.07) is 24.7. The molecule has 0 N–H and O–H groups in total. The molecule has 0 saturated carbocycles. The van der Waals surface area contributed by atoms with Crippen molar-refractivity contribution >= 4 is 44.8 Å². The highest BCUT2D eigenvalue weighted by molar-refractivity contribution is 6.15. The molecule has 31 heavy (non-hydrogen) atoms. The molecule has 0 spiro atoms. The van der Waals surface area contributed by atoms with E-state index in [0.29, 0.717) is 0 Å². The Hall–Kier alpha value is -3.26. The maximum atomic E-state index is 3.24. The minimum Gasteiger partial charge on any atom is -0.366 e. The zero-order valence-electron chi connectivity index (χ0n) is 19.2. The number of benzene rings is 4. The predicted octanol–water partition coefficient (Wildman–Crippen LogP) is 6.66. The van der Waals surface area contributed by atoms with E-state index in [1.807, 2.05) is 6.92 Å². The van der Waals surface area contributed by atoms with Crippen LogP contribution in [0.25, 0.3) is 21.5 Å². The van der Waals surface area contributed by atoms with Crippen LogP contribution in [0.2, 0.25) is 0 Å². The fourth-order valence-electron chi connectivity index (χ4n) is 5.26. The van der Waals surface area contributed by atoms with Crippen LogP contribution in [0, 0.1) is 0 Å². The van der Waals surface area contributed by atoms with E-state index in [9.17, 15) is 0 Å². The molecule has 1 aliphatic heterocycles. The van der Waals surface area contributed by atoms with Crippen molar-refractivity contribution in [3.63, 3.8) is 0 Å². The molecule has 2 heteroatoms. The van der Waals surface area contributed by atoms with Crippen molar-refractivity contribution in [3.8, 4) is 0 Å². The Balaban J connectivity index is 1.80. The fraction of sp³-hybridized carbons (Fsp3) is 0.241. The SMILES string of the molecule is C[C-]=[N+](C)c1ccc(C(C)(C)c2ccc3c4c(cccc24)C(C)=[N+]3C)c2ccccc12. The van der Waals surface area contributed by atoms with Gasteiger partial charge in [0, 0.05) is 24.6 Å². The van der Waals surface area contributed by atoms with E-state index in [1.165, 1.54) is 55.3 Å². The van der Waals surface area contributed by atoms with Gasteiger partial charge in [-0.1, -0.05) is 75.4 Å². The third kappa shape index (κ3) is 2.71. The van der Waals surface area contributed by atoms with E-state index >= 15 is 0 Å². The average molecular weight is 406 g/mol. The van der Waals surface area contributed by atoms with Crippen LogP contribution in [0.3, 0.4) is 0 Å². The molecule has 0 aliphatic carbocycles. The Morgan fingerprint density at radius 2 is 1.45 bits per heavy atom. The summed E-state index contributed by atoms with van der Waals surface area (Å²) in [7, 11) is 4.23. The molecule has 0 fully saturated rings. The lowest BCUT2D eigenvalue weighted by Crippen LogP contribution is -2.20. The Bertz CT molecular complexity index is 1420. The highest BCUT2D eigenvalue weighted by Crippen LogP contribution is 2.44. The van der Waals surface area contributed by atoms with Crippen LogP contribution < -0.4 is 0 Å². The molecule has 0 aromatic heterocycles. The van der Waals surface area contributed by atoms with Gasteiger partial charge in [-0.25, -0.2) is 0 Å². The van der Waals surface area contributed by atoms with Crippen molar-refractivity contribution in [2.24, 2.45) is 0 Å². The van der Waals surface area contributed by atoms with Crippen molar-refractivity contribution in [1.82, 2.24) is 0 Å². The van der Waals surface area contributed by atoms with Gasteiger partial charge < -0.3 is 4.58 Å². The summed E-state index contributed by atoms with van der Waals surface area (Å²) in [4.78, 5) is 0. The van der Waals surface area contributed by atoms with Gasteiger partial charge in [0.15, 0.2) is 5.71 Å². The molecule has 4 aromatic rings. The van der Waals surface area contributed by atoms with Crippen LogP contribution in [0.1, 0.15) is 44.4 Å². The number of hydrogen-bond acceptors (Lipinski definition) is 0. The maximum absolute atomic E-state index is 3.24. The van der Waals surface area contributed by atoms with Gasteiger partial charge in [0.2, 0.25) is 5.69 Å². The predicted molar refractivity (Wildman–Crippen MR) is 132 cm³/mol. The highest BCUT2D eigenvalue weighted by Gasteiger charge is 2.32. The van der Waals surface area contributed by atoms with Gasteiger partial charge in [0.25, 0.3) is 0 Å². The van der Waals surface area contributed by atoms with E-state index in [-0.39, 0.29) is 5.41 Å². The molecule has 4 aromatic carbocycles. The van der Waals surface area contributed by atoms with Gasteiger partial charge in [-0.15, -0.1) is 0 Å². The van der Waals surface area contributed by atoms with Crippen molar-refractivity contribution in [2.75, 3.05) is 14.1 Å². The topological polar surface area (TPSA) is 6.02 Å². The van der Waals surface area contributed by atoms with Crippen LogP contribution >= 0.6 is 0 Å². The van der Waals surface area contributed by atoms with Gasteiger partial charge in [0.05, 0.1) is 16.6 Å². The first-order valence-electron chi connectivity index (χ1n) is 10.9. The van der Waals surface area contributed by atoms with Gasteiger partial charge in [-0.05, 0) is 33.4 Å². The van der Waals surface area contributed by atoms with Crippen LogP contribution in [0.4, 0.5) is 11.4 Å². The number of rotatable bonds is 3. The molecule has 0 radical (unpaired) electrons. The van der Waals surface area contributed by atoms with E-state index < -0.39 is 0 Å². The molecule has 0 amide bonds. The summed E-state index contributed by atoms with van der Waals surface area (Å²) in [6.07, 6.45) is 3.24. The second-order valence-corrected chi connectivity index (χ2v) is 9.09. The Kier molecular flexibility index (Phi) is 4.37. The largest absolute Gasteiger partial charge is 0.366 e. The Morgan fingerprint density at radius 3 is 2.19 bits per heavy atom. The van der Waals surface area contributed by atoms with Crippen LogP contribution in [-0.4, -0.2) is 35.2 Å². The minimum absolute atomic E-state index is 0.150. The van der Waals surface area contributed by atoms with Crippen molar-refractivity contribution in [1.29, 1.82) is 0 Å². The molecular formula is C29H29N2+. The lowest BCUT2D eigenvalue weighted by atomic mass is 9.74. The maximum Gasteiger partial charge on any atom is 0.213 e. The average Bonchev–Trinajstić information content (AvgIpc) is 3.04. The first kappa shape index (κ1) is 19.7. The third-order valence-corrected chi connectivity index (χ3v) is 7.22. The number of fused-ring (bicyclic) bond motifs is 1. The van der Waals surface area contributed by atoms with Crippen LogP contribution in [-0.2, 0) is 5.41 Å². The van der Waals surface area contributed by atoms with Gasteiger partial charge >= 0.3 is 0 Å². The third-order valence-electron chi connectivity index (χ3n) is 7.22. The summed E-state index contributed by atoms with van der Waals surface area (Å²) in [6.45, 7) is 8.88. The molecule has 0 saturated heterocycles. The second-order valence-electron chi connectivity index (χ2n) is 9.09. The van der Waals surface area contributed by atoms with E-state index in [2.05, 4.69) is 117 Å². The zero-order valence-corrected chi connectivity index (χ0v) is 19.2. The summed E-state index contributed by atoms with van der Waals surface area (Å²) >= 11 is 0. The van der Waals surface area contributed by atoms with Gasteiger partial charge in [0.1, 0.15) is 14.1 Å². The van der Waals surface area contributed by atoms with Crippen molar-refractivity contribution < 1.29 is 9.15 Å². The number of hydrogen-bond donors (Lipinski definition) is 0. The lowest BCUT2D eigenvalue weighted by Gasteiger charge is -2.30. The van der Waals surface area contributed by atoms with Gasteiger partial charge in [-0.2, -0.15) is 4.58 Å². The number of nitrogens with zero attached hydrogens (tertiary/aromatic N) is 2. The fourth-order valence-corrected chi connectivity index (χ4v) is 5.26. The summed E-state index contributed by atoms with van der Waals surface area (Å²) < 4.78 is 4.39. The minimum atomic E-state index is -0.150. The summed E-state index contributed by atoms with van der Waals surface area (Å²) in [5.41, 5.74) is 7.73. The molecule has 0 bridgehead atoms. The molecule has 5 rings (SSSR count). The second kappa shape index (κ2) is 6.88. The van der Waals surface area contributed by atoms with E-state index in [4.69, 9.17) is 0 Å². The molecule has 0 unspecified atom stereocenters. The monoisotopic (exact) mass is 405 g/mol. The first-order chi connectivity index (χ1) is 14.9. The van der Waals surface area contributed by atoms with Crippen LogP contribution in [0.5, 0.6) is 0 Å². The first-order valence-corrected chi connectivity index (χ1v) is 10.9. The Morgan fingerprint density at radius 1 is 0.806 bits per heavy atom. The molecule has 154 valence electrons. The van der Waals surface area contributed by atoms with Crippen molar-refractivity contribution in [3.05, 3.63) is 83.4 Å².